The van der Waals surface area contributed by atoms with E-state index >= 15 is 0 Å². The molecular weight excluding hydrogens is 250 g/mol. The Balaban J connectivity index is 2.10. The van der Waals surface area contributed by atoms with Gasteiger partial charge in [0.25, 0.3) is 0 Å². The van der Waals surface area contributed by atoms with Crippen LogP contribution in [0.1, 0.15) is 20.4 Å². The van der Waals surface area contributed by atoms with Crippen LogP contribution in [0.25, 0.3) is 0 Å². The first kappa shape index (κ1) is 10.8. The van der Waals surface area contributed by atoms with Crippen molar-refractivity contribution in [3.63, 3.8) is 0 Å². The number of aryl methyl sites for hydroxylation is 1. The number of aromatic nitrogens is 1. The summed E-state index contributed by atoms with van der Waals surface area (Å²) in [5.41, 5.74) is 0.557. The predicted molar refractivity (Wildman–Crippen MR) is 64.2 cm³/mol. The summed E-state index contributed by atoms with van der Waals surface area (Å²) < 4.78 is 0.715. The van der Waals surface area contributed by atoms with E-state index in [9.17, 15) is 4.79 Å². The number of rotatable bonds is 3. The molecule has 0 N–H and O–H groups in total. The molecule has 78 valence electrons. The van der Waals surface area contributed by atoms with Crippen LogP contribution in [0.4, 0.5) is 0 Å². The highest BCUT2D eigenvalue weighted by atomic mass is 35.5. The topological polar surface area (TPSA) is 30.0 Å². The molecule has 2 heterocycles. The quantitative estimate of drug-likeness (QED) is 0.787. The molecule has 0 spiro atoms. The van der Waals surface area contributed by atoms with Gasteiger partial charge in [-0.2, -0.15) is 0 Å². The SMILES string of the molecule is Cc1nc(C(=O)Cc2ccc(Cl)s2)cs1. The van der Waals surface area contributed by atoms with E-state index in [4.69, 9.17) is 11.6 Å². The highest BCUT2D eigenvalue weighted by molar-refractivity contribution is 7.16. The van der Waals surface area contributed by atoms with Crippen molar-refractivity contribution in [2.24, 2.45) is 0 Å². The summed E-state index contributed by atoms with van der Waals surface area (Å²) in [7, 11) is 0. The second-order valence-electron chi connectivity index (χ2n) is 3.06. The lowest BCUT2D eigenvalue weighted by atomic mass is 10.2. The first-order valence-corrected chi connectivity index (χ1v) is 6.42. The molecule has 2 aromatic rings. The fourth-order valence-corrected chi connectivity index (χ4v) is 2.89. The van der Waals surface area contributed by atoms with Crippen LogP contribution in [0.3, 0.4) is 0 Å². The summed E-state index contributed by atoms with van der Waals surface area (Å²) in [5.74, 6) is 0.0536. The molecule has 2 nitrogen and oxygen atoms in total. The van der Waals surface area contributed by atoms with E-state index < -0.39 is 0 Å². The van der Waals surface area contributed by atoms with Crippen LogP contribution in [0.2, 0.25) is 4.34 Å². The first-order chi connectivity index (χ1) is 7.15. The van der Waals surface area contributed by atoms with Crippen molar-refractivity contribution in [1.29, 1.82) is 0 Å². The Hall–Kier alpha value is -0.710. The van der Waals surface area contributed by atoms with E-state index in [1.54, 1.807) is 11.4 Å². The van der Waals surface area contributed by atoms with Gasteiger partial charge >= 0.3 is 0 Å². The van der Waals surface area contributed by atoms with Gasteiger partial charge in [-0.3, -0.25) is 4.79 Å². The van der Waals surface area contributed by atoms with Crippen molar-refractivity contribution in [1.82, 2.24) is 4.98 Å². The number of halogens is 1. The fourth-order valence-electron chi connectivity index (χ4n) is 1.19. The van der Waals surface area contributed by atoms with Crippen LogP contribution in [0, 0.1) is 6.92 Å². The highest BCUT2D eigenvalue weighted by Crippen LogP contribution is 2.23. The Bertz CT molecular complexity index is 489. The van der Waals surface area contributed by atoms with Crippen molar-refractivity contribution < 1.29 is 4.79 Å². The van der Waals surface area contributed by atoms with Crippen LogP contribution >= 0.6 is 34.3 Å². The Morgan fingerprint density at radius 3 is 2.87 bits per heavy atom. The van der Waals surface area contributed by atoms with Crippen molar-refractivity contribution in [3.8, 4) is 0 Å². The van der Waals surface area contributed by atoms with Gasteiger partial charge in [0, 0.05) is 16.7 Å². The van der Waals surface area contributed by atoms with Crippen LogP contribution < -0.4 is 0 Å². The monoisotopic (exact) mass is 257 g/mol. The number of hydrogen-bond donors (Lipinski definition) is 0. The molecule has 0 aliphatic carbocycles. The molecule has 2 rings (SSSR count). The maximum absolute atomic E-state index is 11.7. The minimum atomic E-state index is 0.0536. The number of carbonyl (C=O) groups is 1. The summed E-state index contributed by atoms with van der Waals surface area (Å²) in [4.78, 5) is 16.9. The molecular formula is C10H8ClNOS2. The van der Waals surface area contributed by atoms with Crippen LogP contribution in [-0.2, 0) is 6.42 Å². The highest BCUT2D eigenvalue weighted by Gasteiger charge is 2.11. The third-order valence-electron chi connectivity index (χ3n) is 1.87. The van der Waals surface area contributed by atoms with Crippen LogP contribution in [0.15, 0.2) is 17.5 Å². The van der Waals surface area contributed by atoms with Crippen LogP contribution in [0.5, 0.6) is 0 Å². The van der Waals surface area contributed by atoms with Gasteiger partial charge < -0.3 is 0 Å². The molecule has 0 saturated carbocycles. The third-order valence-corrected chi connectivity index (χ3v) is 3.87. The Morgan fingerprint density at radius 2 is 2.33 bits per heavy atom. The summed E-state index contributed by atoms with van der Waals surface area (Å²) >= 11 is 8.72. The largest absolute Gasteiger partial charge is 0.292 e. The molecule has 0 radical (unpaired) electrons. The van der Waals surface area contributed by atoms with E-state index in [0.717, 1.165) is 9.88 Å². The molecule has 0 atom stereocenters. The van der Waals surface area contributed by atoms with E-state index in [0.29, 0.717) is 16.5 Å². The number of ketones is 1. The Kier molecular flexibility index (Phi) is 3.19. The zero-order valence-corrected chi connectivity index (χ0v) is 10.4. The number of hydrogen-bond acceptors (Lipinski definition) is 4. The summed E-state index contributed by atoms with van der Waals surface area (Å²) in [6.07, 6.45) is 0.389. The van der Waals surface area contributed by atoms with Gasteiger partial charge in [-0.15, -0.1) is 22.7 Å². The molecule has 0 unspecified atom stereocenters. The van der Waals surface area contributed by atoms with E-state index in [-0.39, 0.29) is 5.78 Å². The number of carbonyl (C=O) groups excluding carboxylic acids is 1. The van der Waals surface area contributed by atoms with Gasteiger partial charge in [-0.05, 0) is 19.1 Å². The maximum atomic E-state index is 11.7. The lowest BCUT2D eigenvalue weighted by molar-refractivity contribution is 0.0989. The van der Waals surface area contributed by atoms with Gasteiger partial charge in [0.2, 0.25) is 0 Å². The van der Waals surface area contributed by atoms with Gasteiger partial charge in [-0.1, -0.05) is 11.6 Å². The van der Waals surface area contributed by atoms with E-state index in [1.807, 2.05) is 13.0 Å². The zero-order valence-electron chi connectivity index (χ0n) is 7.99. The van der Waals surface area contributed by atoms with Crippen molar-refractivity contribution in [3.05, 3.63) is 37.4 Å². The van der Waals surface area contributed by atoms with Crippen LogP contribution in [-0.4, -0.2) is 10.8 Å². The normalized spacial score (nSPS) is 10.5. The fraction of sp³-hybridized carbons (Fsp3) is 0.200. The number of nitrogens with zero attached hydrogens (tertiary/aromatic N) is 1. The second-order valence-corrected chi connectivity index (χ2v) is 5.92. The first-order valence-electron chi connectivity index (χ1n) is 4.34. The maximum Gasteiger partial charge on any atom is 0.187 e. The zero-order chi connectivity index (χ0) is 10.8. The average molecular weight is 258 g/mol. The number of thiophene rings is 1. The molecule has 5 heteroatoms. The van der Waals surface area contributed by atoms with Gasteiger partial charge in [-0.25, -0.2) is 4.98 Å². The van der Waals surface area contributed by atoms with Gasteiger partial charge in [0.05, 0.1) is 9.34 Å². The standard InChI is InChI=1S/C10H8ClNOS2/c1-6-12-8(5-14-6)9(13)4-7-2-3-10(11)15-7/h2-3,5H,4H2,1H3. The number of thiazole rings is 1. The third kappa shape index (κ3) is 2.65. The minimum Gasteiger partial charge on any atom is -0.292 e. The van der Waals surface area contributed by atoms with E-state index in [2.05, 4.69) is 4.98 Å². The average Bonchev–Trinajstić information content (AvgIpc) is 2.75. The lowest BCUT2D eigenvalue weighted by Crippen LogP contribution is -2.02. The van der Waals surface area contributed by atoms with Gasteiger partial charge in [0.1, 0.15) is 5.69 Å². The molecule has 0 aliphatic rings. The predicted octanol–water partition coefficient (Wildman–Crippen LogP) is 3.59. The summed E-state index contributed by atoms with van der Waals surface area (Å²) in [6, 6.07) is 3.69. The number of Topliss-reactive ketones (excluding diaryl/α,β-unsaturated/α-hetero) is 1. The van der Waals surface area contributed by atoms with Crippen molar-refractivity contribution in [2.45, 2.75) is 13.3 Å². The second kappa shape index (κ2) is 4.43. The molecule has 0 saturated heterocycles. The Labute approximate surface area is 101 Å². The molecule has 15 heavy (non-hydrogen) atoms. The van der Waals surface area contributed by atoms with Crippen molar-refractivity contribution in [2.75, 3.05) is 0 Å². The van der Waals surface area contributed by atoms with E-state index in [1.165, 1.54) is 22.7 Å². The molecule has 0 bridgehead atoms. The Morgan fingerprint density at radius 1 is 1.53 bits per heavy atom. The molecule has 2 aromatic heterocycles. The smallest absolute Gasteiger partial charge is 0.187 e. The van der Waals surface area contributed by atoms with Gasteiger partial charge in [0.15, 0.2) is 5.78 Å². The lowest BCUT2D eigenvalue weighted by Gasteiger charge is -1.93. The molecule has 0 fully saturated rings. The molecule has 0 aliphatic heterocycles. The molecule has 0 aromatic carbocycles. The molecule has 0 amide bonds. The minimum absolute atomic E-state index is 0.0536. The summed E-state index contributed by atoms with van der Waals surface area (Å²) in [6.45, 7) is 1.89. The van der Waals surface area contributed by atoms with Crippen molar-refractivity contribution >= 4 is 40.1 Å². The summed E-state index contributed by atoms with van der Waals surface area (Å²) in [5, 5.41) is 2.72.